The van der Waals surface area contributed by atoms with Gasteiger partial charge in [0, 0.05) is 31.8 Å². The van der Waals surface area contributed by atoms with Crippen LogP contribution in [0.4, 0.5) is 0 Å². The van der Waals surface area contributed by atoms with E-state index in [9.17, 15) is 0 Å². The molecule has 3 nitrogen and oxygen atoms in total. The van der Waals surface area contributed by atoms with Crippen molar-refractivity contribution in [3.05, 3.63) is 0 Å². The number of aliphatic hydroxyl groups is 2. The molecule has 0 amide bonds. The molecule has 0 bridgehead atoms. The summed E-state index contributed by atoms with van der Waals surface area (Å²) >= 11 is 8.53. The molecule has 0 spiro atoms. The average Bonchev–Trinajstić information content (AvgIpc) is 2.06. The summed E-state index contributed by atoms with van der Waals surface area (Å²) in [7, 11) is 0. The van der Waals surface area contributed by atoms with Gasteiger partial charge in [0.1, 0.15) is 0 Å². The number of hydrogen-bond acceptors (Lipinski definition) is 3. The topological polar surface area (TPSA) is 49.7 Å². The first-order chi connectivity index (χ1) is 5.24. The minimum Gasteiger partial charge on any atom is -0.396 e. The molecule has 0 rings (SSSR count). The zero-order valence-corrected chi connectivity index (χ0v) is 10.2. The first kappa shape index (κ1) is 23.1. The van der Waals surface area contributed by atoms with Crippen LogP contribution in [-0.4, -0.2) is 23.4 Å². The van der Waals surface area contributed by atoms with E-state index >= 15 is 0 Å². The van der Waals surface area contributed by atoms with Gasteiger partial charge in [0.2, 0.25) is 0 Å². The number of hydrogen-bond donors (Lipinski definition) is 2. The summed E-state index contributed by atoms with van der Waals surface area (Å²) in [6.07, 6.45) is 1.75. The van der Waals surface area contributed by atoms with Crippen molar-refractivity contribution in [2.24, 2.45) is 0 Å². The molecule has 2 N–H and O–H groups in total. The molecule has 77 valence electrons. The fourth-order valence-electron chi connectivity index (χ4n) is 0. The van der Waals surface area contributed by atoms with E-state index < -0.39 is 0 Å². The summed E-state index contributed by atoms with van der Waals surface area (Å²) in [4.78, 5) is 0. The van der Waals surface area contributed by atoms with Gasteiger partial charge in [0.05, 0.1) is 23.7 Å². The van der Waals surface area contributed by atoms with Crippen LogP contribution < -0.4 is 0 Å². The van der Waals surface area contributed by atoms with E-state index in [1.807, 2.05) is 13.8 Å². The quantitative estimate of drug-likeness (QED) is 0.797. The Hall–Kier alpha value is 1.04. The normalized spacial score (nSPS) is 6.50. The molecule has 0 aliphatic carbocycles. The van der Waals surface area contributed by atoms with Crippen molar-refractivity contribution < 1.29 is 32.6 Å². The van der Waals surface area contributed by atoms with Crippen LogP contribution in [0.3, 0.4) is 0 Å². The van der Waals surface area contributed by atoms with Crippen LogP contribution in [0.2, 0.25) is 0 Å². The summed E-state index contributed by atoms with van der Waals surface area (Å²) in [6, 6.07) is 0. The molecule has 0 saturated heterocycles. The van der Waals surface area contributed by atoms with Crippen LogP contribution in [0.25, 0.3) is 0 Å². The molecule has 0 aromatic carbocycles. The van der Waals surface area contributed by atoms with Gasteiger partial charge in [-0.15, -0.1) is 0 Å². The first-order valence-corrected chi connectivity index (χ1v) is 3.97. The number of rotatable bonds is 2. The van der Waals surface area contributed by atoms with Gasteiger partial charge in [-0.1, -0.05) is 13.8 Å². The molecule has 0 fully saturated rings. The SMILES string of the molecule is CCCO.CCCO.ClOCl.[V]. The molecular formula is C6H16Cl2O3V. The molecule has 0 saturated carbocycles. The van der Waals surface area contributed by atoms with E-state index in [0.29, 0.717) is 13.2 Å². The molecule has 0 aliphatic rings. The third-order valence-corrected chi connectivity index (χ3v) is 0.447. The third-order valence-electron chi connectivity index (χ3n) is 0.447. The van der Waals surface area contributed by atoms with E-state index in [0.717, 1.165) is 12.8 Å². The van der Waals surface area contributed by atoms with Crippen LogP contribution in [0.1, 0.15) is 26.7 Å². The summed E-state index contributed by atoms with van der Waals surface area (Å²) in [5.74, 6) is 0. The van der Waals surface area contributed by atoms with Gasteiger partial charge >= 0.3 is 0 Å². The Morgan fingerprint density at radius 2 is 1.08 bits per heavy atom. The minimum absolute atomic E-state index is 0. The van der Waals surface area contributed by atoms with E-state index in [2.05, 4.69) is 27.6 Å². The maximum atomic E-state index is 7.88. The van der Waals surface area contributed by atoms with Gasteiger partial charge in [-0.2, -0.15) is 3.84 Å². The molecule has 0 aliphatic heterocycles. The van der Waals surface area contributed by atoms with Gasteiger partial charge in [-0.05, 0) is 12.8 Å². The summed E-state index contributed by atoms with van der Waals surface area (Å²) in [5, 5.41) is 15.8. The Labute approximate surface area is 96.2 Å². The fourth-order valence-corrected chi connectivity index (χ4v) is 0. The van der Waals surface area contributed by atoms with E-state index in [4.69, 9.17) is 10.2 Å². The minimum atomic E-state index is 0. The fraction of sp³-hybridized carbons (Fsp3) is 1.00. The Kier molecular flexibility index (Phi) is 77.5. The van der Waals surface area contributed by atoms with E-state index in [1.165, 1.54) is 0 Å². The van der Waals surface area contributed by atoms with Crippen molar-refractivity contribution in [1.82, 2.24) is 0 Å². The van der Waals surface area contributed by atoms with Crippen molar-refractivity contribution in [2.45, 2.75) is 26.7 Å². The molecule has 0 aromatic heterocycles. The molecule has 0 aromatic rings. The van der Waals surface area contributed by atoms with E-state index in [-0.39, 0.29) is 18.6 Å². The van der Waals surface area contributed by atoms with Crippen molar-refractivity contribution in [1.29, 1.82) is 0 Å². The predicted octanol–water partition coefficient (Wildman–Crippen LogP) is 2.09. The van der Waals surface area contributed by atoms with Crippen molar-refractivity contribution in [2.75, 3.05) is 13.2 Å². The van der Waals surface area contributed by atoms with Crippen molar-refractivity contribution in [3.8, 4) is 0 Å². The Morgan fingerprint density at radius 3 is 1.08 bits per heavy atom. The summed E-state index contributed by atoms with van der Waals surface area (Å²) in [5.41, 5.74) is 0. The van der Waals surface area contributed by atoms with Crippen molar-refractivity contribution >= 4 is 23.7 Å². The second-order valence-electron chi connectivity index (χ2n) is 1.51. The zero-order chi connectivity index (χ0) is 9.54. The van der Waals surface area contributed by atoms with Gasteiger partial charge in [-0.3, -0.25) is 0 Å². The van der Waals surface area contributed by atoms with Crippen LogP contribution in [-0.2, 0) is 22.4 Å². The monoisotopic (exact) mass is 257 g/mol. The summed E-state index contributed by atoms with van der Waals surface area (Å²) in [6.45, 7) is 4.50. The predicted molar refractivity (Wildman–Crippen MR) is 47.5 cm³/mol. The largest absolute Gasteiger partial charge is 0.396 e. The Balaban J connectivity index is -0.0000000389. The molecule has 6 heteroatoms. The zero-order valence-electron chi connectivity index (χ0n) is 7.33. The second kappa shape index (κ2) is 40.2. The maximum Gasteiger partial charge on any atom is 0.0832 e. The average molecular weight is 258 g/mol. The molecule has 0 unspecified atom stereocenters. The Morgan fingerprint density at radius 1 is 1.00 bits per heavy atom. The number of halogens is 2. The molecular weight excluding hydrogens is 242 g/mol. The standard InChI is InChI=1S/2C3H8O.Cl2O.V/c2*1-2-3-4;1-3-2;/h2*4H,2-3H2,1H3;;. The van der Waals surface area contributed by atoms with Gasteiger partial charge in [-0.25, -0.2) is 0 Å². The first-order valence-electron chi connectivity index (χ1n) is 3.36. The van der Waals surface area contributed by atoms with Crippen LogP contribution in [0, 0.1) is 0 Å². The third kappa shape index (κ3) is 120. The van der Waals surface area contributed by atoms with Gasteiger partial charge < -0.3 is 10.2 Å². The van der Waals surface area contributed by atoms with Crippen molar-refractivity contribution in [3.63, 3.8) is 0 Å². The van der Waals surface area contributed by atoms with Crippen LogP contribution in [0.5, 0.6) is 0 Å². The van der Waals surface area contributed by atoms with Crippen LogP contribution >= 0.6 is 23.7 Å². The second-order valence-corrected chi connectivity index (χ2v) is 1.97. The number of aliphatic hydroxyl groups excluding tert-OH is 2. The smallest absolute Gasteiger partial charge is 0.0832 e. The maximum absolute atomic E-state index is 7.88. The molecule has 0 heterocycles. The van der Waals surface area contributed by atoms with Crippen LogP contribution in [0.15, 0.2) is 0 Å². The molecule has 1 radical (unpaired) electrons. The summed E-state index contributed by atoms with van der Waals surface area (Å²) < 4.78 is 3.19. The molecule has 12 heavy (non-hydrogen) atoms. The van der Waals surface area contributed by atoms with Gasteiger partial charge in [0.15, 0.2) is 0 Å². The molecule has 0 atom stereocenters. The van der Waals surface area contributed by atoms with Gasteiger partial charge in [0.25, 0.3) is 0 Å². The Bertz CT molecular complexity index is 36.0. The van der Waals surface area contributed by atoms with E-state index in [1.54, 1.807) is 0 Å².